The highest BCUT2D eigenvalue weighted by Gasteiger charge is 2.35. The molecule has 0 saturated heterocycles. The summed E-state index contributed by atoms with van der Waals surface area (Å²) < 4.78 is 12.7. The van der Waals surface area contributed by atoms with Gasteiger partial charge in [-0.2, -0.15) is 0 Å². The minimum atomic E-state index is -1.46. The summed E-state index contributed by atoms with van der Waals surface area (Å²) in [6, 6.07) is 2.43. The summed E-state index contributed by atoms with van der Waals surface area (Å²) >= 11 is 0. The van der Waals surface area contributed by atoms with E-state index in [4.69, 9.17) is 5.53 Å². The Morgan fingerprint density at radius 3 is 2.94 bits per heavy atom. The van der Waals surface area contributed by atoms with Crippen LogP contribution < -0.4 is 5.32 Å². The van der Waals surface area contributed by atoms with Gasteiger partial charge in [-0.25, -0.2) is 9.18 Å². The van der Waals surface area contributed by atoms with Gasteiger partial charge in [0.2, 0.25) is 0 Å². The van der Waals surface area contributed by atoms with Crippen molar-refractivity contribution >= 4 is 5.97 Å². The van der Waals surface area contributed by atoms with Gasteiger partial charge in [-0.15, -0.1) is 0 Å². The van der Waals surface area contributed by atoms with E-state index in [0.29, 0.717) is 0 Å². The monoisotopic (exact) mass is 253 g/mol. The van der Waals surface area contributed by atoms with Crippen LogP contribution in [0.25, 0.3) is 10.4 Å². The number of carboxylic acids is 1. The highest BCUT2D eigenvalue weighted by atomic mass is 19.1. The number of rotatable bonds is 6. The molecule has 0 aromatic carbocycles. The molecule has 1 atom stereocenters. The van der Waals surface area contributed by atoms with E-state index in [0.717, 1.165) is 12.3 Å². The maximum Gasteiger partial charge on any atom is 0.329 e. The number of nitrogens with zero attached hydrogens (tertiary/aromatic N) is 4. The molecule has 7 nitrogen and oxygen atoms in total. The van der Waals surface area contributed by atoms with E-state index in [1.807, 2.05) is 0 Å². The number of pyridine rings is 1. The van der Waals surface area contributed by atoms with Crippen LogP contribution in [0.15, 0.2) is 23.4 Å². The van der Waals surface area contributed by atoms with E-state index in [-0.39, 0.29) is 18.8 Å². The second-order valence-corrected chi connectivity index (χ2v) is 3.67. The third kappa shape index (κ3) is 3.16. The van der Waals surface area contributed by atoms with E-state index in [1.165, 1.54) is 13.0 Å². The topological polar surface area (TPSA) is 111 Å². The molecule has 2 N–H and O–H groups in total. The third-order valence-corrected chi connectivity index (χ3v) is 2.42. The molecule has 1 aromatic heterocycles. The van der Waals surface area contributed by atoms with Crippen LogP contribution in [-0.2, 0) is 10.3 Å². The Hall–Kier alpha value is -2.18. The first-order chi connectivity index (χ1) is 8.50. The second kappa shape index (κ2) is 5.95. The smallest absolute Gasteiger partial charge is 0.329 e. The van der Waals surface area contributed by atoms with Crippen molar-refractivity contribution in [3.63, 3.8) is 0 Å². The summed E-state index contributed by atoms with van der Waals surface area (Å²) in [4.78, 5) is 17.6. The molecule has 18 heavy (non-hydrogen) atoms. The number of aliphatic carboxylic acids is 1. The molecule has 0 radical (unpaired) electrons. The van der Waals surface area contributed by atoms with Gasteiger partial charge in [-0.3, -0.25) is 10.3 Å². The van der Waals surface area contributed by atoms with Crippen LogP contribution in [0.3, 0.4) is 0 Å². The molecule has 0 amide bonds. The zero-order valence-corrected chi connectivity index (χ0v) is 9.67. The van der Waals surface area contributed by atoms with Crippen molar-refractivity contribution in [2.24, 2.45) is 5.11 Å². The molecular formula is C10H12FN5O2. The van der Waals surface area contributed by atoms with Gasteiger partial charge in [-0.05, 0) is 24.6 Å². The molecule has 0 saturated carbocycles. The molecular weight excluding hydrogens is 241 g/mol. The minimum absolute atomic E-state index is 0.112. The Morgan fingerprint density at radius 1 is 1.72 bits per heavy atom. The molecule has 0 aliphatic carbocycles. The number of carbonyl (C=O) groups is 1. The summed E-state index contributed by atoms with van der Waals surface area (Å²) in [6.45, 7) is 1.69. The molecule has 0 fully saturated rings. The summed E-state index contributed by atoms with van der Waals surface area (Å²) in [5, 5.41) is 15.2. The van der Waals surface area contributed by atoms with Crippen LogP contribution in [-0.4, -0.2) is 29.1 Å². The first-order valence-corrected chi connectivity index (χ1v) is 5.12. The van der Waals surface area contributed by atoms with Crippen LogP contribution >= 0.6 is 0 Å². The summed E-state index contributed by atoms with van der Waals surface area (Å²) in [5.74, 6) is -1.69. The number of carboxylic acid groups (broad SMARTS) is 1. The number of azide groups is 1. The SMILES string of the molecule is CC(NCCN=[N+]=[N-])(C(=O)O)c1ccc(F)cn1. The van der Waals surface area contributed by atoms with Gasteiger partial charge < -0.3 is 5.11 Å². The Bertz CT molecular complexity index is 472. The van der Waals surface area contributed by atoms with Crippen LogP contribution in [0.4, 0.5) is 4.39 Å². The molecule has 1 heterocycles. The van der Waals surface area contributed by atoms with E-state index in [1.54, 1.807) is 0 Å². The fraction of sp³-hybridized carbons (Fsp3) is 0.400. The number of hydrogen-bond acceptors (Lipinski definition) is 4. The van der Waals surface area contributed by atoms with Crippen LogP contribution in [0.2, 0.25) is 0 Å². The van der Waals surface area contributed by atoms with Gasteiger partial charge >= 0.3 is 5.97 Å². The van der Waals surface area contributed by atoms with Crippen LogP contribution in [0.1, 0.15) is 12.6 Å². The molecule has 96 valence electrons. The highest BCUT2D eigenvalue weighted by Crippen LogP contribution is 2.18. The van der Waals surface area contributed by atoms with Gasteiger partial charge in [0.25, 0.3) is 0 Å². The molecule has 0 spiro atoms. The number of nitrogens with one attached hydrogen (secondary N) is 1. The van der Waals surface area contributed by atoms with E-state index in [2.05, 4.69) is 20.3 Å². The first kappa shape index (κ1) is 13.9. The maximum absolute atomic E-state index is 12.7. The summed E-state index contributed by atoms with van der Waals surface area (Å²) in [6.07, 6.45) is 0.950. The van der Waals surface area contributed by atoms with Crippen LogP contribution in [0, 0.1) is 5.82 Å². The van der Waals surface area contributed by atoms with Gasteiger partial charge in [0.1, 0.15) is 5.82 Å². The molecule has 1 aromatic rings. The average molecular weight is 253 g/mol. The van der Waals surface area contributed by atoms with Crippen molar-refractivity contribution in [3.8, 4) is 0 Å². The number of aromatic nitrogens is 1. The maximum atomic E-state index is 12.7. The third-order valence-electron chi connectivity index (χ3n) is 2.42. The summed E-state index contributed by atoms with van der Waals surface area (Å²) in [7, 11) is 0. The Labute approximate surface area is 102 Å². The van der Waals surface area contributed by atoms with Crippen molar-refractivity contribution in [1.29, 1.82) is 0 Å². The molecule has 0 bridgehead atoms. The summed E-state index contributed by atoms with van der Waals surface area (Å²) in [5.41, 5.74) is 6.83. The fourth-order valence-corrected chi connectivity index (χ4v) is 1.35. The van der Waals surface area contributed by atoms with E-state index in [9.17, 15) is 14.3 Å². The van der Waals surface area contributed by atoms with Crippen molar-refractivity contribution in [2.45, 2.75) is 12.5 Å². The normalized spacial score (nSPS) is 13.4. The molecule has 1 rings (SSSR count). The quantitative estimate of drug-likeness (QED) is 0.345. The largest absolute Gasteiger partial charge is 0.480 e. The standard InChI is InChI=1S/C10H12FN5O2/c1-10(9(17)18,14-4-5-15-16-12)8-3-2-7(11)6-13-8/h2-3,6,14H,4-5H2,1H3,(H,17,18). The lowest BCUT2D eigenvalue weighted by molar-refractivity contribution is -0.144. The molecule has 0 aliphatic rings. The van der Waals surface area contributed by atoms with Gasteiger partial charge in [0.05, 0.1) is 11.9 Å². The lowest BCUT2D eigenvalue weighted by atomic mass is 9.97. The lowest BCUT2D eigenvalue weighted by Gasteiger charge is -2.25. The van der Waals surface area contributed by atoms with Crippen molar-refractivity contribution in [2.75, 3.05) is 13.1 Å². The fourth-order valence-electron chi connectivity index (χ4n) is 1.35. The number of hydrogen-bond donors (Lipinski definition) is 2. The molecule has 1 unspecified atom stereocenters. The van der Waals surface area contributed by atoms with Gasteiger partial charge in [0, 0.05) is 18.0 Å². The highest BCUT2D eigenvalue weighted by molar-refractivity contribution is 5.79. The zero-order chi connectivity index (χ0) is 13.6. The first-order valence-electron chi connectivity index (χ1n) is 5.12. The van der Waals surface area contributed by atoms with Gasteiger partial charge in [0.15, 0.2) is 5.54 Å². The number of halogens is 1. The van der Waals surface area contributed by atoms with Crippen molar-refractivity contribution < 1.29 is 14.3 Å². The second-order valence-electron chi connectivity index (χ2n) is 3.67. The molecule has 0 aliphatic heterocycles. The minimum Gasteiger partial charge on any atom is -0.480 e. The van der Waals surface area contributed by atoms with Crippen molar-refractivity contribution in [3.05, 3.63) is 40.3 Å². The molecule has 8 heteroatoms. The predicted octanol–water partition coefficient (Wildman–Crippen LogP) is 1.42. The predicted molar refractivity (Wildman–Crippen MR) is 61.2 cm³/mol. The zero-order valence-electron chi connectivity index (χ0n) is 9.67. The Balaban J connectivity index is 2.89. The lowest BCUT2D eigenvalue weighted by Crippen LogP contribution is -2.48. The van der Waals surface area contributed by atoms with Crippen LogP contribution in [0.5, 0.6) is 0 Å². The average Bonchev–Trinajstić information content (AvgIpc) is 2.35. The Morgan fingerprint density at radius 2 is 2.44 bits per heavy atom. The van der Waals surface area contributed by atoms with Gasteiger partial charge in [-0.1, -0.05) is 5.11 Å². The van der Waals surface area contributed by atoms with E-state index >= 15 is 0 Å². The Kier molecular flexibility index (Phi) is 4.59. The van der Waals surface area contributed by atoms with Crippen molar-refractivity contribution in [1.82, 2.24) is 10.3 Å². The van der Waals surface area contributed by atoms with E-state index < -0.39 is 17.3 Å².